The predicted octanol–water partition coefficient (Wildman–Crippen LogP) is 1.54. The molecular formula is C13H21N3O. The maximum atomic E-state index is 12.1. The van der Waals surface area contributed by atoms with Crippen molar-refractivity contribution in [1.82, 2.24) is 10.3 Å². The Morgan fingerprint density at radius 2 is 2.24 bits per heavy atom. The van der Waals surface area contributed by atoms with Crippen LogP contribution in [-0.4, -0.2) is 16.9 Å². The van der Waals surface area contributed by atoms with Crippen molar-refractivity contribution in [1.29, 1.82) is 0 Å². The van der Waals surface area contributed by atoms with E-state index in [0.29, 0.717) is 6.54 Å². The van der Waals surface area contributed by atoms with Gasteiger partial charge in [0.15, 0.2) is 0 Å². The number of H-pyrrole nitrogens is 1. The first kappa shape index (κ1) is 12.2. The number of hydrogen-bond acceptors (Lipinski definition) is 2. The first-order valence-corrected chi connectivity index (χ1v) is 6.42. The summed E-state index contributed by atoms with van der Waals surface area (Å²) in [6, 6.07) is 2.00. The van der Waals surface area contributed by atoms with Gasteiger partial charge in [-0.2, -0.15) is 0 Å². The highest BCUT2D eigenvalue weighted by molar-refractivity contribution is 5.79. The first-order chi connectivity index (χ1) is 8.27. The van der Waals surface area contributed by atoms with E-state index in [1.165, 1.54) is 6.42 Å². The van der Waals surface area contributed by atoms with Crippen LogP contribution in [0.15, 0.2) is 18.5 Å². The molecule has 1 aliphatic carbocycles. The Morgan fingerprint density at radius 3 is 3.00 bits per heavy atom. The minimum Gasteiger partial charge on any atom is -0.367 e. The van der Waals surface area contributed by atoms with Gasteiger partial charge in [0.2, 0.25) is 5.91 Å². The fraction of sp³-hybridized carbons (Fsp3) is 0.615. The molecule has 1 heterocycles. The zero-order valence-corrected chi connectivity index (χ0v) is 10.1. The van der Waals surface area contributed by atoms with E-state index in [9.17, 15) is 4.79 Å². The van der Waals surface area contributed by atoms with Crippen molar-refractivity contribution in [2.75, 3.05) is 0 Å². The third-order valence-corrected chi connectivity index (χ3v) is 3.54. The van der Waals surface area contributed by atoms with Gasteiger partial charge in [0.05, 0.1) is 5.92 Å². The summed E-state index contributed by atoms with van der Waals surface area (Å²) >= 11 is 0. The average Bonchev–Trinajstić information content (AvgIpc) is 2.75. The quantitative estimate of drug-likeness (QED) is 0.695. The van der Waals surface area contributed by atoms with Crippen molar-refractivity contribution in [2.45, 2.75) is 44.7 Å². The monoisotopic (exact) mass is 235 g/mol. The number of nitrogens with one attached hydrogen (secondary N) is 2. The molecule has 17 heavy (non-hydrogen) atoms. The Labute approximate surface area is 102 Å². The second kappa shape index (κ2) is 5.87. The lowest BCUT2D eigenvalue weighted by Gasteiger charge is -2.20. The molecule has 1 aromatic rings. The molecule has 94 valence electrons. The summed E-state index contributed by atoms with van der Waals surface area (Å²) in [4.78, 5) is 15.0. The van der Waals surface area contributed by atoms with E-state index in [1.54, 1.807) is 0 Å². The number of amides is 1. The van der Waals surface area contributed by atoms with Gasteiger partial charge in [-0.1, -0.05) is 19.3 Å². The number of nitrogens with two attached hydrogens (primary N) is 1. The van der Waals surface area contributed by atoms with Crippen molar-refractivity contribution in [3.05, 3.63) is 24.0 Å². The van der Waals surface area contributed by atoms with Gasteiger partial charge in [0.25, 0.3) is 0 Å². The van der Waals surface area contributed by atoms with E-state index in [1.807, 2.05) is 18.5 Å². The topological polar surface area (TPSA) is 70.9 Å². The van der Waals surface area contributed by atoms with Gasteiger partial charge in [-0.3, -0.25) is 4.79 Å². The highest BCUT2D eigenvalue weighted by Gasteiger charge is 2.26. The summed E-state index contributed by atoms with van der Waals surface area (Å²) in [5.74, 6) is 0.108. The van der Waals surface area contributed by atoms with Crippen molar-refractivity contribution in [2.24, 2.45) is 11.7 Å². The minimum atomic E-state index is -0.00329. The number of rotatable bonds is 3. The van der Waals surface area contributed by atoms with Crippen LogP contribution in [0, 0.1) is 5.92 Å². The highest BCUT2D eigenvalue weighted by Crippen LogP contribution is 2.22. The van der Waals surface area contributed by atoms with E-state index in [0.717, 1.165) is 31.2 Å². The molecule has 1 amide bonds. The third kappa shape index (κ3) is 3.33. The van der Waals surface area contributed by atoms with Crippen LogP contribution < -0.4 is 11.1 Å². The van der Waals surface area contributed by atoms with Crippen LogP contribution in [0.3, 0.4) is 0 Å². The lowest BCUT2D eigenvalue weighted by atomic mass is 9.94. The lowest BCUT2D eigenvalue weighted by Crippen LogP contribution is -2.41. The molecule has 0 bridgehead atoms. The van der Waals surface area contributed by atoms with Gasteiger partial charge in [0.1, 0.15) is 0 Å². The summed E-state index contributed by atoms with van der Waals surface area (Å²) in [5.41, 5.74) is 7.16. The first-order valence-electron chi connectivity index (χ1n) is 6.42. The Balaban J connectivity index is 1.85. The Hall–Kier alpha value is -1.29. The molecule has 2 rings (SSSR count). The third-order valence-electron chi connectivity index (χ3n) is 3.54. The van der Waals surface area contributed by atoms with E-state index in [-0.39, 0.29) is 17.9 Å². The van der Waals surface area contributed by atoms with E-state index < -0.39 is 0 Å². The molecule has 0 saturated heterocycles. The summed E-state index contributed by atoms with van der Waals surface area (Å²) in [6.07, 6.45) is 9.14. The zero-order chi connectivity index (χ0) is 12.1. The van der Waals surface area contributed by atoms with Crippen molar-refractivity contribution in [3.63, 3.8) is 0 Å². The lowest BCUT2D eigenvalue weighted by molar-refractivity contribution is -0.126. The number of carbonyl (C=O) groups excluding carboxylic acids is 1. The number of aromatic nitrogens is 1. The maximum Gasteiger partial charge on any atom is 0.224 e. The fourth-order valence-corrected chi connectivity index (χ4v) is 2.45. The summed E-state index contributed by atoms with van der Waals surface area (Å²) in [5, 5.41) is 2.97. The molecule has 4 heteroatoms. The van der Waals surface area contributed by atoms with Crippen LogP contribution in [0.4, 0.5) is 0 Å². The molecule has 1 saturated carbocycles. The molecule has 0 radical (unpaired) electrons. The molecule has 1 fully saturated rings. The standard InChI is InChI=1S/C13H21N3O/c14-12-5-3-1-2-4-11(12)13(17)16-9-10-6-7-15-8-10/h6-8,11-12,15H,1-5,9,14H2,(H,16,17). The summed E-state index contributed by atoms with van der Waals surface area (Å²) in [7, 11) is 0. The van der Waals surface area contributed by atoms with Gasteiger partial charge in [-0.25, -0.2) is 0 Å². The van der Waals surface area contributed by atoms with Crippen LogP contribution in [0.5, 0.6) is 0 Å². The van der Waals surface area contributed by atoms with Crippen LogP contribution >= 0.6 is 0 Å². The van der Waals surface area contributed by atoms with Crippen molar-refractivity contribution in [3.8, 4) is 0 Å². The van der Waals surface area contributed by atoms with Crippen LogP contribution in [-0.2, 0) is 11.3 Å². The normalized spacial score (nSPS) is 25.2. The molecule has 1 aromatic heterocycles. The molecule has 0 aromatic carbocycles. The van der Waals surface area contributed by atoms with Crippen LogP contribution in [0.1, 0.15) is 37.7 Å². The molecule has 1 aliphatic rings. The molecule has 2 unspecified atom stereocenters. The van der Waals surface area contributed by atoms with E-state index in [4.69, 9.17) is 5.73 Å². The Morgan fingerprint density at radius 1 is 1.41 bits per heavy atom. The number of hydrogen-bond donors (Lipinski definition) is 3. The Bertz CT molecular complexity index is 348. The summed E-state index contributed by atoms with van der Waals surface area (Å²) in [6.45, 7) is 0.589. The van der Waals surface area contributed by atoms with Crippen molar-refractivity contribution >= 4 is 5.91 Å². The SMILES string of the molecule is NC1CCCCCC1C(=O)NCc1cc[nH]c1. The number of carbonyl (C=O) groups is 1. The van der Waals surface area contributed by atoms with Gasteiger partial charge in [0, 0.05) is 25.0 Å². The highest BCUT2D eigenvalue weighted by atomic mass is 16.1. The maximum absolute atomic E-state index is 12.1. The van der Waals surface area contributed by atoms with Gasteiger partial charge < -0.3 is 16.0 Å². The van der Waals surface area contributed by atoms with Crippen molar-refractivity contribution < 1.29 is 4.79 Å². The van der Waals surface area contributed by atoms with E-state index >= 15 is 0 Å². The second-order valence-corrected chi connectivity index (χ2v) is 4.85. The predicted molar refractivity (Wildman–Crippen MR) is 67.2 cm³/mol. The summed E-state index contributed by atoms with van der Waals surface area (Å²) < 4.78 is 0. The van der Waals surface area contributed by atoms with Gasteiger partial charge in [-0.05, 0) is 24.5 Å². The smallest absolute Gasteiger partial charge is 0.224 e. The molecule has 0 spiro atoms. The second-order valence-electron chi connectivity index (χ2n) is 4.85. The molecule has 4 N–H and O–H groups in total. The average molecular weight is 235 g/mol. The number of aromatic amines is 1. The van der Waals surface area contributed by atoms with Crippen LogP contribution in [0.2, 0.25) is 0 Å². The molecule has 2 atom stereocenters. The fourth-order valence-electron chi connectivity index (χ4n) is 2.45. The van der Waals surface area contributed by atoms with E-state index in [2.05, 4.69) is 10.3 Å². The minimum absolute atomic E-state index is 0.00329. The zero-order valence-electron chi connectivity index (χ0n) is 10.1. The van der Waals surface area contributed by atoms with Gasteiger partial charge >= 0.3 is 0 Å². The molecule has 0 aliphatic heterocycles. The largest absolute Gasteiger partial charge is 0.367 e. The van der Waals surface area contributed by atoms with Crippen LogP contribution in [0.25, 0.3) is 0 Å². The van der Waals surface area contributed by atoms with Gasteiger partial charge in [-0.15, -0.1) is 0 Å². The Kier molecular flexibility index (Phi) is 4.20. The molecule has 4 nitrogen and oxygen atoms in total. The molecular weight excluding hydrogens is 214 g/mol.